The SMILES string of the molecule is OCc1cc(/C=N/Nc2nc(Nc3cccc(C(F)(F)F)c3)nc(N3CCOCC3)n2)ccc1O. The molecule has 184 valence electrons. The molecule has 1 saturated heterocycles. The number of ether oxygens (including phenoxy) is 1. The number of hydrogen-bond acceptors (Lipinski definition) is 10. The number of rotatable bonds is 7. The molecular weight excluding hydrogens is 467 g/mol. The Morgan fingerprint density at radius 3 is 2.57 bits per heavy atom. The van der Waals surface area contributed by atoms with E-state index in [2.05, 4.69) is 30.8 Å². The van der Waals surface area contributed by atoms with Gasteiger partial charge in [0.2, 0.25) is 17.8 Å². The number of aromatic nitrogens is 3. The lowest BCUT2D eigenvalue weighted by atomic mass is 10.1. The highest BCUT2D eigenvalue weighted by molar-refractivity contribution is 5.80. The number of aliphatic hydroxyl groups is 1. The molecule has 10 nitrogen and oxygen atoms in total. The molecule has 0 atom stereocenters. The van der Waals surface area contributed by atoms with Crippen molar-refractivity contribution in [3.8, 4) is 5.75 Å². The zero-order valence-electron chi connectivity index (χ0n) is 18.3. The predicted molar refractivity (Wildman–Crippen MR) is 123 cm³/mol. The Bertz CT molecular complexity index is 1200. The fraction of sp³-hybridized carbons (Fsp3) is 0.273. The summed E-state index contributed by atoms with van der Waals surface area (Å²) in [7, 11) is 0. The Morgan fingerprint density at radius 1 is 1.06 bits per heavy atom. The van der Waals surface area contributed by atoms with Crippen LogP contribution in [0.1, 0.15) is 16.7 Å². The van der Waals surface area contributed by atoms with Crippen LogP contribution in [0.2, 0.25) is 0 Å². The molecule has 4 N–H and O–H groups in total. The fourth-order valence-corrected chi connectivity index (χ4v) is 3.25. The highest BCUT2D eigenvalue weighted by atomic mass is 19.4. The standard InChI is InChI=1S/C22H22F3N7O3/c23-22(24,25)16-2-1-3-17(11-16)27-19-28-20(30-21(29-19)32-6-8-35-9-7-32)31-26-12-14-4-5-18(34)15(10-14)13-33/h1-5,10-12,33-34H,6-9,13H2,(H2,27,28,29,30,31)/b26-12+. The number of aliphatic hydroxyl groups excluding tert-OH is 1. The summed E-state index contributed by atoms with van der Waals surface area (Å²) in [4.78, 5) is 14.8. The molecule has 0 unspecified atom stereocenters. The van der Waals surface area contributed by atoms with Crippen LogP contribution in [0.25, 0.3) is 0 Å². The van der Waals surface area contributed by atoms with Crippen molar-refractivity contribution in [3.63, 3.8) is 0 Å². The number of hydrogen-bond donors (Lipinski definition) is 4. The minimum absolute atomic E-state index is 0.0319. The summed E-state index contributed by atoms with van der Waals surface area (Å²) in [5, 5.41) is 25.8. The maximum atomic E-state index is 13.1. The number of nitrogens with one attached hydrogen (secondary N) is 2. The summed E-state index contributed by atoms with van der Waals surface area (Å²) in [6, 6.07) is 9.31. The van der Waals surface area contributed by atoms with E-state index >= 15 is 0 Å². The first-order valence-electron chi connectivity index (χ1n) is 10.6. The third kappa shape index (κ3) is 6.33. The molecule has 2 aromatic carbocycles. The van der Waals surface area contributed by atoms with Crippen molar-refractivity contribution >= 4 is 29.7 Å². The van der Waals surface area contributed by atoms with Gasteiger partial charge in [0, 0.05) is 24.3 Å². The molecule has 3 aromatic rings. The lowest BCUT2D eigenvalue weighted by Gasteiger charge is -2.27. The van der Waals surface area contributed by atoms with Crippen LogP contribution < -0.4 is 15.6 Å². The minimum atomic E-state index is -4.48. The smallest absolute Gasteiger partial charge is 0.416 e. The molecule has 0 amide bonds. The molecule has 0 saturated carbocycles. The van der Waals surface area contributed by atoms with Crippen LogP contribution in [0.3, 0.4) is 0 Å². The minimum Gasteiger partial charge on any atom is -0.508 e. The van der Waals surface area contributed by atoms with Gasteiger partial charge in [-0.3, -0.25) is 0 Å². The molecule has 0 radical (unpaired) electrons. The van der Waals surface area contributed by atoms with Crippen LogP contribution in [-0.2, 0) is 17.5 Å². The van der Waals surface area contributed by atoms with Crippen LogP contribution in [0.5, 0.6) is 5.75 Å². The van der Waals surface area contributed by atoms with Crippen molar-refractivity contribution < 1.29 is 28.1 Å². The Kier molecular flexibility index (Phi) is 7.27. The van der Waals surface area contributed by atoms with Crippen molar-refractivity contribution in [1.82, 2.24) is 15.0 Å². The Hall–Kier alpha value is -3.97. The zero-order chi connectivity index (χ0) is 24.8. The lowest BCUT2D eigenvalue weighted by Crippen LogP contribution is -2.37. The summed E-state index contributed by atoms with van der Waals surface area (Å²) in [6.45, 7) is 1.70. The summed E-state index contributed by atoms with van der Waals surface area (Å²) < 4.78 is 44.6. The van der Waals surface area contributed by atoms with Gasteiger partial charge < -0.3 is 25.2 Å². The number of phenols is 1. The average molecular weight is 489 g/mol. The molecule has 1 aromatic heterocycles. The van der Waals surface area contributed by atoms with Gasteiger partial charge in [0.1, 0.15) is 5.75 Å². The molecule has 35 heavy (non-hydrogen) atoms. The molecule has 1 aliphatic rings. The second-order valence-corrected chi connectivity index (χ2v) is 7.50. The van der Waals surface area contributed by atoms with Gasteiger partial charge in [0.15, 0.2) is 0 Å². The number of anilines is 4. The van der Waals surface area contributed by atoms with E-state index in [9.17, 15) is 23.4 Å². The van der Waals surface area contributed by atoms with E-state index in [-0.39, 0.29) is 29.9 Å². The van der Waals surface area contributed by atoms with Crippen molar-refractivity contribution in [2.24, 2.45) is 5.10 Å². The first kappa shape index (κ1) is 24.2. The molecule has 0 aliphatic carbocycles. The highest BCUT2D eigenvalue weighted by Crippen LogP contribution is 2.31. The fourth-order valence-electron chi connectivity index (χ4n) is 3.25. The topological polar surface area (TPSA) is 128 Å². The molecule has 1 aliphatic heterocycles. The molecule has 0 spiro atoms. The average Bonchev–Trinajstić information content (AvgIpc) is 2.85. The van der Waals surface area contributed by atoms with Gasteiger partial charge in [0.25, 0.3) is 0 Å². The third-order valence-corrected chi connectivity index (χ3v) is 5.02. The monoisotopic (exact) mass is 489 g/mol. The number of aromatic hydroxyl groups is 1. The third-order valence-electron chi connectivity index (χ3n) is 5.02. The van der Waals surface area contributed by atoms with E-state index < -0.39 is 11.7 Å². The van der Waals surface area contributed by atoms with Crippen LogP contribution >= 0.6 is 0 Å². The second-order valence-electron chi connectivity index (χ2n) is 7.50. The van der Waals surface area contributed by atoms with Gasteiger partial charge in [-0.05, 0) is 42.0 Å². The first-order chi connectivity index (χ1) is 16.8. The van der Waals surface area contributed by atoms with Crippen molar-refractivity contribution in [3.05, 3.63) is 59.2 Å². The molecule has 2 heterocycles. The predicted octanol–water partition coefficient (Wildman–Crippen LogP) is 3.11. The summed E-state index contributed by atoms with van der Waals surface area (Å²) in [6.07, 6.45) is -3.04. The van der Waals surface area contributed by atoms with Gasteiger partial charge in [0.05, 0.1) is 31.6 Å². The maximum Gasteiger partial charge on any atom is 0.416 e. The maximum absolute atomic E-state index is 13.1. The molecule has 4 rings (SSSR count). The Balaban J connectivity index is 1.58. The second kappa shape index (κ2) is 10.5. The van der Waals surface area contributed by atoms with E-state index in [1.807, 2.05) is 4.90 Å². The number of halogens is 3. The lowest BCUT2D eigenvalue weighted by molar-refractivity contribution is -0.137. The molecule has 0 bridgehead atoms. The first-order valence-corrected chi connectivity index (χ1v) is 10.6. The van der Waals surface area contributed by atoms with Crippen LogP contribution in [0, 0.1) is 0 Å². The van der Waals surface area contributed by atoms with E-state index in [0.29, 0.717) is 43.4 Å². The van der Waals surface area contributed by atoms with Crippen LogP contribution in [-0.4, -0.2) is 57.7 Å². The largest absolute Gasteiger partial charge is 0.508 e. The van der Waals surface area contributed by atoms with Crippen LogP contribution in [0.4, 0.5) is 36.7 Å². The van der Waals surface area contributed by atoms with Gasteiger partial charge in [-0.15, -0.1) is 0 Å². The number of nitrogens with zero attached hydrogens (tertiary/aromatic N) is 5. The van der Waals surface area contributed by atoms with Gasteiger partial charge in [-0.2, -0.15) is 33.2 Å². The van der Waals surface area contributed by atoms with E-state index in [4.69, 9.17) is 4.74 Å². The molecule has 13 heteroatoms. The number of hydrazone groups is 1. The zero-order valence-corrected chi connectivity index (χ0v) is 18.3. The normalized spacial score (nSPS) is 14.3. The summed E-state index contributed by atoms with van der Waals surface area (Å²) in [5.74, 6) is 0.373. The van der Waals surface area contributed by atoms with E-state index in [1.54, 1.807) is 12.1 Å². The van der Waals surface area contributed by atoms with Crippen molar-refractivity contribution in [2.45, 2.75) is 12.8 Å². The van der Waals surface area contributed by atoms with Gasteiger partial charge >= 0.3 is 6.18 Å². The highest BCUT2D eigenvalue weighted by Gasteiger charge is 2.30. The van der Waals surface area contributed by atoms with Crippen LogP contribution in [0.15, 0.2) is 47.6 Å². The van der Waals surface area contributed by atoms with E-state index in [0.717, 1.165) is 12.1 Å². The van der Waals surface area contributed by atoms with Gasteiger partial charge in [-0.1, -0.05) is 6.07 Å². The quantitative estimate of drug-likeness (QED) is 0.292. The Morgan fingerprint density at radius 2 is 1.83 bits per heavy atom. The number of alkyl halides is 3. The number of benzene rings is 2. The van der Waals surface area contributed by atoms with E-state index in [1.165, 1.54) is 24.4 Å². The molecular formula is C22H22F3N7O3. The summed E-state index contributed by atoms with van der Waals surface area (Å²) >= 11 is 0. The number of morpholine rings is 1. The van der Waals surface area contributed by atoms with Gasteiger partial charge in [-0.25, -0.2) is 5.43 Å². The van der Waals surface area contributed by atoms with Crippen molar-refractivity contribution in [1.29, 1.82) is 0 Å². The Labute approximate surface area is 198 Å². The van der Waals surface area contributed by atoms with Crippen molar-refractivity contribution in [2.75, 3.05) is 41.9 Å². The summed E-state index contributed by atoms with van der Waals surface area (Å²) in [5.41, 5.74) is 3.00. The molecule has 1 fully saturated rings.